The van der Waals surface area contributed by atoms with Crippen molar-refractivity contribution in [3.63, 3.8) is 0 Å². The van der Waals surface area contributed by atoms with Crippen LogP contribution in [0.25, 0.3) is 0 Å². The van der Waals surface area contributed by atoms with Crippen molar-refractivity contribution in [3.05, 3.63) is 71.3 Å². The highest BCUT2D eigenvalue weighted by molar-refractivity contribution is 6.23. The predicted octanol–water partition coefficient (Wildman–Crippen LogP) is 2.11. The van der Waals surface area contributed by atoms with Gasteiger partial charge in [-0.1, -0.05) is 30.3 Å². The van der Waals surface area contributed by atoms with Gasteiger partial charge >= 0.3 is 0 Å². The molecule has 2 aliphatic heterocycles. The second-order valence-corrected chi connectivity index (χ2v) is 6.34. The van der Waals surface area contributed by atoms with Crippen molar-refractivity contribution in [1.82, 2.24) is 9.80 Å². The van der Waals surface area contributed by atoms with Crippen molar-refractivity contribution in [2.75, 3.05) is 6.54 Å². The zero-order valence-electron chi connectivity index (χ0n) is 13.9. The number of piperidine rings is 1. The van der Waals surface area contributed by atoms with Crippen LogP contribution in [-0.2, 0) is 4.79 Å². The normalized spacial score (nSPS) is 19.7. The van der Waals surface area contributed by atoms with E-state index in [1.165, 1.54) is 0 Å². The summed E-state index contributed by atoms with van der Waals surface area (Å²) < 4.78 is 0. The van der Waals surface area contributed by atoms with Gasteiger partial charge in [0.1, 0.15) is 6.04 Å². The Morgan fingerprint density at radius 3 is 2.04 bits per heavy atom. The lowest BCUT2D eigenvalue weighted by Gasteiger charge is -2.34. The highest BCUT2D eigenvalue weighted by atomic mass is 16.2. The number of hydrogen-bond acceptors (Lipinski definition) is 4. The van der Waals surface area contributed by atoms with Crippen molar-refractivity contribution >= 4 is 23.6 Å². The highest BCUT2D eigenvalue weighted by Crippen LogP contribution is 2.29. The van der Waals surface area contributed by atoms with Crippen LogP contribution in [0, 0.1) is 0 Å². The first-order chi connectivity index (χ1) is 12.6. The molecule has 1 fully saturated rings. The number of amides is 4. The summed E-state index contributed by atoms with van der Waals surface area (Å²) in [4.78, 5) is 53.1. The third-order valence-electron chi connectivity index (χ3n) is 4.81. The summed E-state index contributed by atoms with van der Waals surface area (Å²) in [5.41, 5.74) is 1.01. The monoisotopic (exact) mass is 348 g/mol. The maximum atomic E-state index is 12.9. The molecule has 0 spiro atoms. The number of likely N-dealkylation sites (tertiary alicyclic amines) is 1. The van der Waals surface area contributed by atoms with Gasteiger partial charge in [0, 0.05) is 12.1 Å². The largest absolute Gasteiger partial charge is 0.277 e. The number of carbonyl (C=O) groups is 4. The van der Waals surface area contributed by atoms with E-state index in [0.717, 1.165) is 9.80 Å². The van der Waals surface area contributed by atoms with Gasteiger partial charge in [0.25, 0.3) is 23.6 Å². The molecule has 2 heterocycles. The van der Waals surface area contributed by atoms with Gasteiger partial charge in [-0.25, -0.2) is 0 Å². The minimum Gasteiger partial charge on any atom is -0.277 e. The number of hydrogen-bond donors (Lipinski definition) is 0. The minimum atomic E-state index is -0.941. The molecule has 0 radical (unpaired) electrons. The molecule has 0 N–H and O–H groups in total. The fourth-order valence-electron chi connectivity index (χ4n) is 3.52. The van der Waals surface area contributed by atoms with E-state index in [1.807, 2.05) is 0 Å². The number of imide groups is 2. The predicted molar refractivity (Wildman–Crippen MR) is 92.4 cm³/mol. The Hall–Kier alpha value is -3.28. The van der Waals surface area contributed by atoms with Crippen LogP contribution in [0.5, 0.6) is 0 Å². The van der Waals surface area contributed by atoms with Gasteiger partial charge < -0.3 is 0 Å². The van der Waals surface area contributed by atoms with Crippen LogP contribution in [0.2, 0.25) is 0 Å². The van der Waals surface area contributed by atoms with E-state index in [2.05, 4.69) is 0 Å². The van der Waals surface area contributed by atoms with E-state index in [1.54, 1.807) is 54.6 Å². The summed E-state index contributed by atoms with van der Waals surface area (Å²) >= 11 is 0. The summed E-state index contributed by atoms with van der Waals surface area (Å²) in [6, 6.07) is 14.1. The van der Waals surface area contributed by atoms with E-state index < -0.39 is 29.7 Å². The Morgan fingerprint density at radius 2 is 1.42 bits per heavy atom. The number of rotatable bonds is 2. The average molecular weight is 348 g/mol. The van der Waals surface area contributed by atoms with E-state index in [4.69, 9.17) is 0 Å². The summed E-state index contributed by atoms with van der Waals surface area (Å²) in [5, 5.41) is 0. The molecule has 4 rings (SSSR count). The molecule has 0 aromatic heterocycles. The Bertz CT molecular complexity index is 887. The number of nitrogens with zero attached hydrogens (tertiary/aromatic N) is 2. The lowest BCUT2D eigenvalue weighted by molar-refractivity contribution is -0.135. The Labute approximate surface area is 150 Å². The number of carbonyl (C=O) groups excluding carboxylic acids is 4. The number of fused-ring (bicyclic) bond motifs is 1. The van der Waals surface area contributed by atoms with Gasteiger partial charge in [0.2, 0.25) is 0 Å². The van der Waals surface area contributed by atoms with Crippen LogP contribution in [0.4, 0.5) is 0 Å². The maximum absolute atomic E-state index is 12.9. The zero-order valence-corrected chi connectivity index (χ0v) is 13.9. The smallest absolute Gasteiger partial charge is 0.262 e. The van der Waals surface area contributed by atoms with Crippen LogP contribution < -0.4 is 0 Å². The van der Waals surface area contributed by atoms with Crippen molar-refractivity contribution in [3.8, 4) is 0 Å². The van der Waals surface area contributed by atoms with Gasteiger partial charge in [0.15, 0.2) is 0 Å². The molecule has 2 aromatic carbocycles. The molecular formula is C20H16N2O4. The molecule has 2 aliphatic rings. The molecule has 1 atom stereocenters. The maximum Gasteiger partial charge on any atom is 0.262 e. The van der Waals surface area contributed by atoms with E-state index in [-0.39, 0.29) is 6.54 Å². The van der Waals surface area contributed by atoms with Crippen molar-refractivity contribution in [1.29, 1.82) is 0 Å². The minimum absolute atomic E-state index is 0.284. The van der Waals surface area contributed by atoms with E-state index in [9.17, 15) is 19.2 Å². The Morgan fingerprint density at radius 1 is 0.846 bits per heavy atom. The summed E-state index contributed by atoms with van der Waals surface area (Å²) in [5.74, 6) is -1.85. The van der Waals surface area contributed by atoms with Crippen LogP contribution in [0.15, 0.2) is 54.6 Å². The highest BCUT2D eigenvalue weighted by Gasteiger charge is 2.46. The van der Waals surface area contributed by atoms with Gasteiger partial charge in [-0.3, -0.25) is 29.0 Å². The fraction of sp³-hybridized carbons (Fsp3) is 0.200. The van der Waals surface area contributed by atoms with Crippen LogP contribution in [0.1, 0.15) is 43.9 Å². The molecule has 1 saturated heterocycles. The van der Waals surface area contributed by atoms with Crippen LogP contribution >= 0.6 is 0 Å². The second-order valence-electron chi connectivity index (χ2n) is 6.34. The lowest BCUT2D eigenvalue weighted by Crippen LogP contribution is -2.55. The third-order valence-corrected chi connectivity index (χ3v) is 4.81. The van der Waals surface area contributed by atoms with Gasteiger partial charge in [-0.05, 0) is 37.1 Å². The van der Waals surface area contributed by atoms with Gasteiger partial charge in [-0.15, -0.1) is 0 Å². The quantitative estimate of drug-likeness (QED) is 0.779. The molecule has 6 nitrogen and oxygen atoms in total. The van der Waals surface area contributed by atoms with Crippen molar-refractivity contribution in [2.24, 2.45) is 0 Å². The molecule has 6 heteroatoms. The molecule has 26 heavy (non-hydrogen) atoms. The first-order valence-electron chi connectivity index (χ1n) is 8.47. The summed E-state index contributed by atoms with van der Waals surface area (Å²) in [7, 11) is 0. The van der Waals surface area contributed by atoms with E-state index in [0.29, 0.717) is 29.5 Å². The fourth-order valence-corrected chi connectivity index (χ4v) is 3.52. The van der Waals surface area contributed by atoms with Crippen molar-refractivity contribution in [2.45, 2.75) is 18.9 Å². The standard InChI is InChI=1S/C20H16N2O4/c23-17(13-7-2-1-3-8-13)21-12-6-11-16(20(21)26)22-18(24)14-9-4-5-10-15(14)19(22)25/h1-5,7-10,16H,6,11-12H2. The summed E-state index contributed by atoms with van der Waals surface area (Å²) in [6.45, 7) is 0.284. The second kappa shape index (κ2) is 6.22. The lowest BCUT2D eigenvalue weighted by atomic mass is 10.0. The summed E-state index contributed by atoms with van der Waals surface area (Å²) in [6.07, 6.45) is 0.908. The third kappa shape index (κ3) is 2.42. The van der Waals surface area contributed by atoms with Gasteiger partial charge in [0.05, 0.1) is 11.1 Å². The van der Waals surface area contributed by atoms with E-state index >= 15 is 0 Å². The molecular weight excluding hydrogens is 332 g/mol. The average Bonchev–Trinajstić information content (AvgIpc) is 2.93. The SMILES string of the molecule is O=C(c1ccccc1)N1CCCC(N2C(=O)c3ccccc3C2=O)C1=O. The molecule has 130 valence electrons. The topological polar surface area (TPSA) is 74.8 Å². The Kier molecular flexibility index (Phi) is 3.88. The first-order valence-corrected chi connectivity index (χ1v) is 8.47. The molecule has 2 aromatic rings. The molecule has 0 aliphatic carbocycles. The van der Waals surface area contributed by atoms with Crippen molar-refractivity contribution < 1.29 is 19.2 Å². The van der Waals surface area contributed by atoms with Crippen LogP contribution in [-0.4, -0.2) is 46.0 Å². The zero-order chi connectivity index (χ0) is 18.3. The van der Waals surface area contributed by atoms with Crippen LogP contribution in [0.3, 0.4) is 0 Å². The molecule has 0 bridgehead atoms. The molecule has 4 amide bonds. The molecule has 0 saturated carbocycles. The van der Waals surface area contributed by atoms with Gasteiger partial charge in [-0.2, -0.15) is 0 Å². The first kappa shape index (κ1) is 16.2. The Balaban J connectivity index is 1.63. The number of benzene rings is 2. The molecule has 1 unspecified atom stereocenters.